The van der Waals surface area contributed by atoms with Crippen molar-refractivity contribution in [3.05, 3.63) is 34.9 Å². The van der Waals surface area contributed by atoms with Crippen LogP contribution in [0.2, 0.25) is 0 Å². The van der Waals surface area contributed by atoms with Crippen LogP contribution in [0.4, 0.5) is 0 Å². The maximum Gasteiger partial charge on any atom is 0.251 e. The second-order valence-electron chi connectivity index (χ2n) is 3.76. The lowest BCUT2D eigenvalue weighted by Crippen LogP contribution is -2.29. The lowest BCUT2D eigenvalue weighted by molar-refractivity contribution is 0.0952. The quantitative estimate of drug-likeness (QED) is 0.788. The van der Waals surface area contributed by atoms with Crippen molar-refractivity contribution < 1.29 is 4.79 Å². The fourth-order valence-electron chi connectivity index (χ4n) is 1.49. The molecule has 0 heterocycles. The number of aryl methyl sites for hydroxylation is 2. The van der Waals surface area contributed by atoms with Gasteiger partial charge in [-0.1, -0.05) is 18.2 Å². The molecule has 0 radical (unpaired) electrons. The minimum atomic E-state index is -0.0434. The number of amides is 1. The molecule has 15 heavy (non-hydrogen) atoms. The van der Waals surface area contributed by atoms with Gasteiger partial charge in [-0.05, 0) is 31.9 Å². The maximum absolute atomic E-state index is 11.8. The standard InChI is InChI=1S/C12H16ClNO/c1-8-5-4-6-9(2)11(8)12(15)14-7-10(3)13/h4-6,10H,7H2,1-3H3,(H,14,15). The third kappa shape index (κ3) is 3.24. The van der Waals surface area contributed by atoms with E-state index < -0.39 is 0 Å². The summed E-state index contributed by atoms with van der Waals surface area (Å²) in [6.07, 6.45) is 0. The van der Waals surface area contributed by atoms with E-state index >= 15 is 0 Å². The maximum atomic E-state index is 11.8. The number of rotatable bonds is 3. The molecule has 0 aliphatic carbocycles. The minimum Gasteiger partial charge on any atom is -0.351 e. The summed E-state index contributed by atoms with van der Waals surface area (Å²) in [5, 5.41) is 2.77. The molecule has 1 N–H and O–H groups in total. The van der Waals surface area contributed by atoms with E-state index in [0.717, 1.165) is 16.7 Å². The molecule has 0 aliphatic rings. The van der Waals surface area contributed by atoms with E-state index in [2.05, 4.69) is 5.32 Å². The van der Waals surface area contributed by atoms with Gasteiger partial charge < -0.3 is 5.32 Å². The summed E-state index contributed by atoms with van der Waals surface area (Å²) < 4.78 is 0. The Labute approximate surface area is 95.6 Å². The number of alkyl halides is 1. The fourth-order valence-corrected chi connectivity index (χ4v) is 1.57. The fraction of sp³-hybridized carbons (Fsp3) is 0.417. The molecule has 0 aromatic heterocycles. The van der Waals surface area contributed by atoms with E-state index in [4.69, 9.17) is 11.6 Å². The highest BCUT2D eigenvalue weighted by Crippen LogP contribution is 2.12. The molecule has 0 saturated heterocycles. The van der Waals surface area contributed by atoms with Crippen molar-refractivity contribution in [2.24, 2.45) is 0 Å². The Hall–Kier alpha value is -1.02. The number of hydrogen-bond acceptors (Lipinski definition) is 1. The van der Waals surface area contributed by atoms with Crippen LogP contribution >= 0.6 is 11.6 Å². The summed E-state index contributed by atoms with van der Waals surface area (Å²) in [5.41, 5.74) is 2.75. The van der Waals surface area contributed by atoms with E-state index in [0.29, 0.717) is 6.54 Å². The van der Waals surface area contributed by atoms with E-state index in [1.165, 1.54) is 0 Å². The Kier molecular flexibility index (Phi) is 4.15. The normalized spacial score (nSPS) is 12.3. The SMILES string of the molecule is Cc1cccc(C)c1C(=O)NCC(C)Cl. The highest BCUT2D eigenvalue weighted by Gasteiger charge is 2.11. The van der Waals surface area contributed by atoms with Gasteiger partial charge in [-0.3, -0.25) is 4.79 Å². The van der Waals surface area contributed by atoms with Crippen molar-refractivity contribution >= 4 is 17.5 Å². The minimum absolute atomic E-state index is 0.0433. The van der Waals surface area contributed by atoms with Crippen LogP contribution in [0.5, 0.6) is 0 Å². The number of halogens is 1. The van der Waals surface area contributed by atoms with Crippen LogP contribution < -0.4 is 5.32 Å². The van der Waals surface area contributed by atoms with Crippen LogP contribution in [0.1, 0.15) is 28.4 Å². The molecule has 1 amide bonds. The molecule has 0 bridgehead atoms. The Balaban J connectivity index is 2.82. The molecule has 1 aromatic carbocycles. The van der Waals surface area contributed by atoms with Gasteiger partial charge in [-0.25, -0.2) is 0 Å². The topological polar surface area (TPSA) is 29.1 Å². The molecule has 3 heteroatoms. The number of hydrogen-bond donors (Lipinski definition) is 1. The van der Waals surface area contributed by atoms with Crippen molar-refractivity contribution in [1.29, 1.82) is 0 Å². The number of benzene rings is 1. The monoisotopic (exact) mass is 225 g/mol. The first-order valence-electron chi connectivity index (χ1n) is 5.01. The number of carbonyl (C=O) groups excluding carboxylic acids is 1. The van der Waals surface area contributed by atoms with Gasteiger partial charge >= 0.3 is 0 Å². The molecule has 0 aliphatic heterocycles. The molecule has 0 spiro atoms. The van der Waals surface area contributed by atoms with Crippen LogP contribution in [0.25, 0.3) is 0 Å². The Morgan fingerprint density at radius 2 is 1.93 bits per heavy atom. The largest absolute Gasteiger partial charge is 0.351 e. The van der Waals surface area contributed by atoms with Crippen molar-refractivity contribution in [2.75, 3.05) is 6.54 Å². The van der Waals surface area contributed by atoms with Crippen molar-refractivity contribution in [3.63, 3.8) is 0 Å². The molecular formula is C12H16ClNO. The number of nitrogens with one attached hydrogen (secondary N) is 1. The first kappa shape index (κ1) is 12.1. The molecule has 82 valence electrons. The van der Waals surface area contributed by atoms with Crippen molar-refractivity contribution in [2.45, 2.75) is 26.1 Å². The molecular weight excluding hydrogens is 210 g/mol. The second kappa shape index (κ2) is 5.17. The first-order valence-corrected chi connectivity index (χ1v) is 5.44. The van der Waals surface area contributed by atoms with Crippen LogP contribution in [0.15, 0.2) is 18.2 Å². The van der Waals surface area contributed by atoms with Gasteiger partial charge in [0.15, 0.2) is 0 Å². The molecule has 1 unspecified atom stereocenters. The molecule has 2 nitrogen and oxygen atoms in total. The van der Waals surface area contributed by atoms with E-state index in [1.54, 1.807) is 0 Å². The van der Waals surface area contributed by atoms with Gasteiger partial charge in [0.1, 0.15) is 0 Å². The van der Waals surface area contributed by atoms with Gasteiger partial charge in [-0.15, -0.1) is 11.6 Å². The van der Waals surface area contributed by atoms with E-state index in [1.807, 2.05) is 39.0 Å². The van der Waals surface area contributed by atoms with Crippen LogP contribution in [-0.2, 0) is 0 Å². The van der Waals surface area contributed by atoms with E-state index in [9.17, 15) is 4.79 Å². The first-order chi connectivity index (χ1) is 7.02. The summed E-state index contributed by atoms with van der Waals surface area (Å²) in [6.45, 7) is 6.22. The van der Waals surface area contributed by atoms with Gasteiger partial charge in [0.25, 0.3) is 5.91 Å². The van der Waals surface area contributed by atoms with Crippen LogP contribution in [0.3, 0.4) is 0 Å². The smallest absolute Gasteiger partial charge is 0.251 e. The molecule has 1 aromatic rings. The number of carbonyl (C=O) groups is 1. The highest BCUT2D eigenvalue weighted by atomic mass is 35.5. The molecule has 1 atom stereocenters. The summed E-state index contributed by atoms with van der Waals surface area (Å²) >= 11 is 5.77. The summed E-state index contributed by atoms with van der Waals surface area (Å²) in [6, 6.07) is 5.82. The average Bonchev–Trinajstić information content (AvgIpc) is 2.14. The predicted octanol–water partition coefficient (Wildman–Crippen LogP) is 2.66. The Bertz CT molecular complexity index is 340. The highest BCUT2D eigenvalue weighted by molar-refractivity contribution is 6.20. The molecule has 0 saturated carbocycles. The van der Waals surface area contributed by atoms with E-state index in [-0.39, 0.29) is 11.3 Å². The van der Waals surface area contributed by atoms with Gasteiger partial charge in [0, 0.05) is 17.5 Å². The predicted molar refractivity (Wildman–Crippen MR) is 63.6 cm³/mol. The lowest BCUT2D eigenvalue weighted by Gasteiger charge is -2.10. The summed E-state index contributed by atoms with van der Waals surface area (Å²) in [7, 11) is 0. The molecule has 1 rings (SSSR count). The average molecular weight is 226 g/mol. The third-order valence-corrected chi connectivity index (χ3v) is 2.41. The van der Waals surface area contributed by atoms with Gasteiger partial charge in [0.05, 0.1) is 0 Å². The van der Waals surface area contributed by atoms with Crippen LogP contribution in [-0.4, -0.2) is 17.8 Å². The zero-order valence-electron chi connectivity index (χ0n) is 9.30. The van der Waals surface area contributed by atoms with Crippen LogP contribution in [0, 0.1) is 13.8 Å². The van der Waals surface area contributed by atoms with Crippen molar-refractivity contribution in [3.8, 4) is 0 Å². The summed E-state index contributed by atoms with van der Waals surface area (Å²) in [5.74, 6) is -0.0434. The lowest BCUT2D eigenvalue weighted by atomic mass is 10.0. The zero-order chi connectivity index (χ0) is 11.4. The summed E-state index contributed by atoms with van der Waals surface area (Å²) in [4.78, 5) is 11.8. The Morgan fingerprint density at radius 1 is 1.40 bits per heavy atom. The van der Waals surface area contributed by atoms with Gasteiger partial charge in [0.2, 0.25) is 0 Å². The zero-order valence-corrected chi connectivity index (χ0v) is 10.1. The molecule has 0 fully saturated rings. The second-order valence-corrected chi connectivity index (χ2v) is 4.50. The third-order valence-electron chi connectivity index (χ3n) is 2.25. The Morgan fingerprint density at radius 3 is 2.40 bits per heavy atom. The van der Waals surface area contributed by atoms with Gasteiger partial charge in [-0.2, -0.15) is 0 Å². The van der Waals surface area contributed by atoms with Crippen molar-refractivity contribution in [1.82, 2.24) is 5.32 Å².